The van der Waals surface area contributed by atoms with Gasteiger partial charge in [-0.2, -0.15) is 4.98 Å². The van der Waals surface area contributed by atoms with Gasteiger partial charge in [-0.05, 0) is 30.7 Å². The molecule has 5 nitrogen and oxygen atoms in total. The number of carbonyl (C=O) groups is 1. The van der Waals surface area contributed by atoms with Crippen molar-refractivity contribution in [2.45, 2.75) is 19.4 Å². The number of halogens is 1. The molecule has 1 heterocycles. The Hall–Kier alpha value is -2.66. The van der Waals surface area contributed by atoms with Crippen molar-refractivity contribution in [3.8, 4) is 11.5 Å². The number of aromatic nitrogens is 2. The van der Waals surface area contributed by atoms with Crippen LogP contribution in [0.1, 0.15) is 24.2 Å². The number of hydrogen-bond donors (Lipinski definition) is 1. The fourth-order valence-corrected chi connectivity index (χ4v) is 2.47. The van der Waals surface area contributed by atoms with Gasteiger partial charge in [0, 0.05) is 10.6 Å². The Labute approximate surface area is 144 Å². The number of hydrogen-bond acceptors (Lipinski definition) is 4. The number of amides is 1. The van der Waals surface area contributed by atoms with Crippen molar-refractivity contribution in [2.75, 3.05) is 0 Å². The zero-order valence-corrected chi connectivity index (χ0v) is 13.8. The van der Waals surface area contributed by atoms with Crippen LogP contribution in [0, 0.1) is 0 Å². The number of carbonyl (C=O) groups excluding carboxylic acids is 1. The Balaban J connectivity index is 1.62. The van der Waals surface area contributed by atoms with Crippen LogP contribution in [-0.4, -0.2) is 16.0 Å². The first-order chi connectivity index (χ1) is 11.6. The maximum Gasteiger partial charge on any atom is 0.258 e. The van der Waals surface area contributed by atoms with E-state index in [1.807, 2.05) is 49.4 Å². The van der Waals surface area contributed by atoms with Crippen LogP contribution >= 0.6 is 11.6 Å². The highest BCUT2D eigenvalue weighted by Gasteiger charge is 2.16. The highest BCUT2D eigenvalue weighted by atomic mass is 35.5. The molecule has 2 aromatic carbocycles. The molecule has 0 saturated carbocycles. The van der Waals surface area contributed by atoms with Crippen molar-refractivity contribution in [3.63, 3.8) is 0 Å². The van der Waals surface area contributed by atoms with E-state index >= 15 is 0 Å². The van der Waals surface area contributed by atoms with Crippen LogP contribution in [-0.2, 0) is 11.3 Å². The van der Waals surface area contributed by atoms with E-state index in [2.05, 4.69) is 15.5 Å². The Bertz CT molecular complexity index is 833. The van der Waals surface area contributed by atoms with E-state index < -0.39 is 0 Å². The highest BCUT2D eigenvalue weighted by Crippen LogP contribution is 2.21. The molecule has 0 aliphatic carbocycles. The summed E-state index contributed by atoms with van der Waals surface area (Å²) in [6, 6.07) is 16.8. The topological polar surface area (TPSA) is 68.0 Å². The third-order valence-electron chi connectivity index (χ3n) is 3.65. The van der Waals surface area contributed by atoms with Gasteiger partial charge in [-0.1, -0.05) is 53.2 Å². The lowest BCUT2D eigenvalue weighted by atomic mass is 10.0. The lowest BCUT2D eigenvalue weighted by Crippen LogP contribution is -2.27. The van der Waals surface area contributed by atoms with Gasteiger partial charge < -0.3 is 9.84 Å². The maximum atomic E-state index is 12.2. The van der Waals surface area contributed by atoms with E-state index in [0.717, 1.165) is 11.1 Å². The Morgan fingerprint density at radius 3 is 2.75 bits per heavy atom. The summed E-state index contributed by atoms with van der Waals surface area (Å²) in [7, 11) is 0. The summed E-state index contributed by atoms with van der Waals surface area (Å²) in [6.45, 7) is 2.07. The zero-order valence-electron chi connectivity index (χ0n) is 13.1. The first-order valence-electron chi connectivity index (χ1n) is 7.54. The third-order valence-corrected chi connectivity index (χ3v) is 3.89. The molecule has 1 amide bonds. The van der Waals surface area contributed by atoms with Gasteiger partial charge in [0.2, 0.25) is 5.91 Å². The second kappa shape index (κ2) is 7.27. The number of rotatable bonds is 5. The Morgan fingerprint density at radius 2 is 2.00 bits per heavy atom. The van der Waals surface area contributed by atoms with Crippen molar-refractivity contribution in [1.82, 2.24) is 15.5 Å². The second-order valence-corrected chi connectivity index (χ2v) is 5.81. The highest BCUT2D eigenvalue weighted by molar-refractivity contribution is 6.30. The summed E-state index contributed by atoms with van der Waals surface area (Å²) < 4.78 is 5.21. The molecule has 122 valence electrons. The fraction of sp³-hybridized carbons (Fsp3) is 0.167. The summed E-state index contributed by atoms with van der Waals surface area (Å²) in [4.78, 5) is 16.5. The Morgan fingerprint density at radius 1 is 1.21 bits per heavy atom. The predicted molar refractivity (Wildman–Crippen MR) is 91.4 cm³/mol. The van der Waals surface area contributed by atoms with E-state index in [0.29, 0.717) is 16.7 Å². The van der Waals surface area contributed by atoms with Gasteiger partial charge in [0.1, 0.15) is 0 Å². The lowest BCUT2D eigenvalue weighted by molar-refractivity contribution is -0.122. The molecule has 0 radical (unpaired) electrons. The molecule has 0 aliphatic rings. The van der Waals surface area contributed by atoms with E-state index in [1.165, 1.54) is 0 Å². The van der Waals surface area contributed by atoms with Gasteiger partial charge in [-0.3, -0.25) is 4.79 Å². The molecular formula is C18H16ClN3O2. The zero-order chi connectivity index (χ0) is 16.9. The van der Waals surface area contributed by atoms with E-state index in [-0.39, 0.29) is 18.4 Å². The molecule has 1 unspecified atom stereocenters. The number of benzene rings is 2. The van der Waals surface area contributed by atoms with Crippen LogP contribution in [0.5, 0.6) is 0 Å². The van der Waals surface area contributed by atoms with Crippen LogP contribution in [0.3, 0.4) is 0 Å². The largest absolute Gasteiger partial charge is 0.348 e. The molecule has 1 atom stereocenters. The third kappa shape index (κ3) is 3.81. The molecule has 0 spiro atoms. The van der Waals surface area contributed by atoms with Crippen molar-refractivity contribution < 1.29 is 9.32 Å². The lowest BCUT2D eigenvalue weighted by Gasteiger charge is -2.11. The summed E-state index contributed by atoms with van der Waals surface area (Å²) in [6.07, 6.45) is 0. The minimum absolute atomic E-state index is 0.0877. The molecule has 24 heavy (non-hydrogen) atoms. The average Bonchev–Trinajstić information content (AvgIpc) is 3.09. The van der Waals surface area contributed by atoms with Gasteiger partial charge in [0.15, 0.2) is 5.82 Å². The number of nitrogens with zero attached hydrogens (tertiary/aromatic N) is 2. The molecular weight excluding hydrogens is 326 g/mol. The molecule has 1 aromatic heterocycles. The monoisotopic (exact) mass is 341 g/mol. The molecule has 1 N–H and O–H groups in total. The van der Waals surface area contributed by atoms with Crippen LogP contribution < -0.4 is 5.32 Å². The summed E-state index contributed by atoms with van der Waals surface area (Å²) >= 11 is 5.95. The minimum Gasteiger partial charge on any atom is -0.348 e. The quantitative estimate of drug-likeness (QED) is 0.766. The van der Waals surface area contributed by atoms with Crippen molar-refractivity contribution in [1.29, 1.82) is 0 Å². The van der Waals surface area contributed by atoms with Gasteiger partial charge in [-0.25, -0.2) is 0 Å². The number of nitrogens with one attached hydrogen (secondary N) is 1. The van der Waals surface area contributed by atoms with Gasteiger partial charge in [0.25, 0.3) is 5.89 Å². The van der Waals surface area contributed by atoms with Crippen LogP contribution in [0.25, 0.3) is 11.5 Å². The van der Waals surface area contributed by atoms with Crippen molar-refractivity contribution in [3.05, 3.63) is 71.0 Å². The van der Waals surface area contributed by atoms with Crippen molar-refractivity contribution >= 4 is 17.5 Å². The average molecular weight is 342 g/mol. The fourth-order valence-electron chi connectivity index (χ4n) is 2.28. The van der Waals surface area contributed by atoms with Crippen LogP contribution in [0.2, 0.25) is 5.02 Å². The summed E-state index contributed by atoms with van der Waals surface area (Å²) in [5.41, 5.74) is 1.70. The van der Waals surface area contributed by atoms with Gasteiger partial charge >= 0.3 is 0 Å². The normalized spacial score (nSPS) is 11.9. The molecule has 6 heteroatoms. The minimum atomic E-state index is -0.245. The molecule has 0 bridgehead atoms. The smallest absolute Gasteiger partial charge is 0.258 e. The Kier molecular flexibility index (Phi) is 4.91. The standard InChI is InChI=1S/C18H16ClN3O2/c1-12(13-6-3-2-4-7-13)17(23)20-11-16-21-18(24-22-16)14-8-5-9-15(19)10-14/h2-10,12H,11H2,1H3,(H,20,23). The van der Waals surface area contributed by atoms with Crippen LogP contribution in [0.4, 0.5) is 0 Å². The SMILES string of the molecule is CC(C(=O)NCc1noc(-c2cccc(Cl)c2)n1)c1ccccc1. The molecule has 0 aliphatic heterocycles. The van der Waals surface area contributed by atoms with Crippen LogP contribution in [0.15, 0.2) is 59.1 Å². The maximum absolute atomic E-state index is 12.2. The first-order valence-corrected chi connectivity index (χ1v) is 7.92. The van der Waals surface area contributed by atoms with E-state index in [9.17, 15) is 4.79 Å². The van der Waals surface area contributed by atoms with E-state index in [1.54, 1.807) is 12.1 Å². The first kappa shape index (κ1) is 16.2. The summed E-state index contributed by atoms with van der Waals surface area (Å²) in [5.74, 6) is 0.456. The van der Waals surface area contributed by atoms with Crippen molar-refractivity contribution in [2.24, 2.45) is 0 Å². The molecule has 3 rings (SSSR count). The van der Waals surface area contributed by atoms with Gasteiger partial charge in [0.05, 0.1) is 12.5 Å². The molecule has 0 saturated heterocycles. The molecule has 0 fully saturated rings. The van der Waals surface area contributed by atoms with Gasteiger partial charge in [-0.15, -0.1) is 0 Å². The van der Waals surface area contributed by atoms with E-state index in [4.69, 9.17) is 16.1 Å². The molecule has 3 aromatic rings. The summed E-state index contributed by atoms with van der Waals surface area (Å²) in [5, 5.41) is 7.30. The second-order valence-electron chi connectivity index (χ2n) is 5.38. The predicted octanol–water partition coefficient (Wildman–Crippen LogP) is 3.81.